The van der Waals surface area contributed by atoms with Crippen LogP contribution in [0.5, 0.6) is 11.5 Å². The molecule has 0 unspecified atom stereocenters. The largest absolute Gasteiger partial charge is 0.496 e. The zero-order valence-corrected chi connectivity index (χ0v) is 13.2. The minimum absolute atomic E-state index is 0.00287. The molecule has 0 amide bonds. The third kappa shape index (κ3) is 2.07. The number of fused-ring (bicyclic) bond motifs is 2. The molecule has 0 bridgehead atoms. The Labute approximate surface area is 136 Å². The van der Waals surface area contributed by atoms with Crippen LogP contribution in [0.15, 0.2) is 16.7 Å². The van der Waals surface area contributed by atoms with Crippen LogP contribution >= 0.6 is 0 Å². The Kier molecular flexibility index (Phi) is 3.80. The van der Waals surface area contributed by atoms with E-state index in [1.54, 1.807) is 6.92 Å². The summed E-state index contributed by atoms with van der Waals surface area (Å²) in [6.45, 7) is 1.71. The highest BCUT2D eigenvalue weighted by Gasteiger charge is 2.42. The summed E-state index contributed by atoms with van der Waals surface area (Å²) >= 11 is 0. The molecule has 8 heteroatoms. The van der Waals surface area contributed by atoms with Gasteiger partial charge in [0.25, 0.3) is 0 Å². The zero-order valence-electron chi connectivity index (χ0n) is 13.2. The molecule has 0 N–H and O–H groups in total. The molecule has 0 spiro atoms. The van der Waals surface area contributed by atoms with Crippen LogP contribution in [0.3, 0.4) is 0 Å². The van der Waals surface area contributed by atoms with Gasteiger partial charge in [-0.1, -0.05) is 5.16 Å². The first kappa shape index (κ1) is 15.7. The first-order valence-electron chi connectivity index (χ1n) is 7.06. The molecule has 3 rings (SSSR count). The number of hydrogen-bond donors (Lipinski definition) is 0. The van der Waals surface area contributed by atoms with Crippen LogP contribution in [0.2, 0.25) is 0 Å². The van der Waals surface area contributed by atoms with Gasteiger partial charge in [0.2, 0.25) is 23.0 Å². The number of esters is 1. The number of rotatable bonds is 4. The first-order chi connectivity index (χ1) is 11.5. The second-order valence-corrected chi connectivity index (χ2v) is 4.83. The molecular formula is C16H13NO7. The zero-order chi connectivity index (χ0) is 17.4. The minimum Gasteiger partial charge on any atom is -0.496 e. The molecule has 8 nitrogen and oxygen atoms in total. The maximum Gasteiger partial charge on any atom is 0.361 e. The number of hydrogen-bond acceptors (Lipinski definition) is 8. The lowest BCUT2D eigenvalue weighted by molar-refractivity contribution is 0.0511. The van der Waals surface area contributed by atoms with E-state index in [1.807, 2.05) is 0 Å². The molecule has 0 aliphatic heterocycles. The lowest BCUT2D eigenvalue weighted by Crippen LogP contribution is -2.23. The van der Waals surface area contributed by atoms with Crippen molar-refractivity contribution >= 4 is 17.5 Å². The summed E-state index contributed by atoms with van der Waals surface area (Å²) < 4.78 is 20.1. The van der Waals surface area contributed by atoms with Crippen LogP contribution in [-0.2, 0) is 4.74 Å². The van der Waals surface area contributed by atoms with E-state index in [1.165, 1.54) is 26.4 Å². The average molecular weight is 331 g/mol. The number of aromatic nitrogens is 1. The third-order valence-electron chi connectivity index (χ3n) is 3.62. The number of ether oxygens (including phenoxy) is 3. The number of carbonyl (C=O) groups is 3. The van der Waals surface area contributed by atoms with Gasteiger partial charge in [-0.05, 0) is 19.1 Å². The van der Waals surface area contributed by atoms with E-state index in [0.29, 0.717) is 0 Å². The van der Waals surface area contributed by atoms with Gasteiger partial charge in [-0.15, -0.1) is 0 Å². The van der Waals surface area contributed by atoms with Gasteiger partial charge >= 0.3 is 5.97 Å². The monoisotopic (exact) mass is 331 g/mol. The maximum absolute atomic E-state index is 12.9. The van der Waals surface area contributed by atoms with Crippen LogP contribution < -0.4 is 9.47 Å². The van der Waals surface area contributed by atoms with Crippen LogP contribution in [0.4, 0.5) is 0 Å². The molecular weight excluding hydrogens is 318 g/mol. The van der Waals surface area contributed by atoms with E-state index in [2.05, 4.69) is 5.16 Å². The van der Waals surface area contributed by atoms with Crippen molar-refractivity contribution < 1.29 is 33.1 Å². The molecule has 1 aliphatic rings. The number of nitrogens with zero attached hydrogens (tertiary/aromatic N) is 1. The molecule has 1 aromatic heterocycles. The van der Waals surface area contributed by atoms with E-state index in [0.717, 1.165) is 0 Å². The van der Waals surface area contributed by atoms with Gasteiger partial charge in [-0.25, -0.2) is 4.79 Å². The lowest BCUT2D eigenvalue weighted by Gasteiger charge is -2.18. The summed E-state index contributed by atoms with van der Waals surface area (Å²) in [6.07, 6.45) is 0. The van der Waals surface area contributed by atoms with E-state index in [9.17, 15) is 14.4 Å². The molecule has 0 radical (unpaired) electrons. The van der Waals surface area contributed by atoms with Crippen molar-refractivity contribution in [3.05, 3.63) is 40.3 Å². The first-order valence-corrected chi connectivity index (χ1v) is 7.06. The van der Waals surface area contributed by atoms with Gasteiger partial charge in [0, 0.05) is 0 Å². The van der Waals surface area contributed by atoms with Gasteiger partial charge in [-0.2, -0.15) is 0 Å². The SMILES string of the molecule is CCOC(=O)c1noc2c1C(=O)c1c(OC)ccc(OC)c1C2=O. The van der Waals surface area contributed by atoms with Crippen molar-refractivity contribution in [2.75, 3.05) is 20.8 Å². The van der Waals surface area contributed by atoms with Crippen LogP contribution in [0.1, 0.15) is 49.5 Å². The molecule has 0 fully saturated rings. The van der Waals surface area contributed by atoms with Crippen molar-refractivity contribution in [2.24, 2.45) is 0 Å². The van der Waals surface area contributed by atoms with Crippen LogP contribution in [0, 0.1) is 0 Å². The van der Waals surface area contributed by atoms with Gasteiger partial charge in [-0.3, -0.25) is 9.59 Å². The van der Waals surface area contributed by atoms with Gasteiger partial charge < -0.3 is 18.7 Å². The Balaban J connectivity index is 2.26. The van der Waals surface area contributed by atoms with E-state index >= 15 is 0 Å². The lowest BCUT2D eigenvalue weighted by atomic mass is 9.86. The summed E-state index contributed by atoms with van der Waals surface area (Å²) in [5.41, 5.74) is -0.540. The second kappa shape index (κ2) is 5.80. The van der Waals surface area contributed by atoms with Crippen molar-refractivity contribution in [3.8, 4) is 11.5 Å². The van der Waals surface area contributed by atoms with Crippen molar-refractivity contribution in [1.82, 2.24) is 5.16 Å². The van der Waals surface area contributed by atoms with Gasteiger partial charge in [0.05, 0.1) is 32.0 Å². The molecule has 124 valence electrons. The Bertz CT molecular complexity index is 866. The fourth-order valence-corrected chi connectivity index (χ4v) is 2.59. The Hall–Kier alpha value is -3.16. The Morgan fingerprint density at radius 2 is 1.62 bits per heavy atom. The average Bonchev–Trinajstić information content (AvgIpc) is 3.04. The van der Waals surface area contributed by atoms with E-state index in [4.69, 9.17) is 18.7 Å². The van der Waals surface area contributed by atoms with E-state index in [-0.39, 0.29) is 46.3 Å². The Morgan fingerprint density at radius 1 is 1.04 bits per heavy atom. The molecule has 1 aliphatic carbocycles. The number of benzene rings is 1. The number of methoxy groups -OCH3 is 2. The van der Waals surface area contributed by atoms with E-state index < -0.39 is 17.5 Å². The number of carbonyl (C=O) groups excluding carboxylic acids is 3. The van der Waals surface area contributed by atoms with Crippen molar-refractivity contribution in [3.63, 3.8) is 0 Å². The second-order valence-electron chi connectivity index (χ2n) is 4.83. The number of ketones is 2. The predicted octanol–water partition coefficient (Wildman–Crippen LogP) is 1.64. The molecule has 0 saturated carbocycles. The Morgan fingerprint density at radius 3 is 2.17 bits per heavy atom. The molecule has 0 atom stereocenters. The fourth-order valence-electron chi connectivity index (χ4n) is 2.59. The summed E-state index contributed by atoms with van der Waals surface area (Å²) in [4.78, 5) is 37.6. The topological polar surface area (TPSA) is 105 Å². The molecule has 24 heavy (non-hydrogen) atoms. The van der Waals surface area contributed by atoms with Gasteiger partial charge in [0.1, 0.15) is 17.1 Å². The molecule has 1 heterocycles. The summed E-state index contributed by atoms with van der Waals surface area (Å²) in [5.74, 6) is -2.00. The van der Waals surface area contributed by atoms with Crippen LogP contribution in [-0.4, -0.2) is 43.5 Å². The highest BCUT2D eigenvalue weighted by molar-refractivity contribution is 6.31. The smallest absolute Gasteiger partial charge is 0.361 e. The normalized spacial score (nSPS) is 12.5. The minimum atomic E-state index is -0.839. The van der Waals surface area contributed by atoms with Gasteiger partial charge in [0.15, 0.2) is 0 Å². The molecule has 2 aromatic rings. The molecule has 0 saturated heterocycles. The summed E-state index contributed by atoms with van der Waals surface area (Å²) in [6, 6.07) is 3.02. The molecule has 1 aromatic carbocycles. The maximum atomic E-state index is 12.9. The van der Waals surface area contributed by atoms with Crippen molar-refractivity contribution in [2.45, 2.75) is 6.92 Å². The van der Waals surface area contributed by atoms with Crippen LogP contribution in [0.25, 0.3) is 0 Å². The standard InChI is InChI=1S/C16H13NO7/c1-4-23-16(20)12-11-13(18)9-7(21-2)5-6-8(22-3)10(9)14(19)15(11)24-17-12/h5-6H,4H2,1-3H3. The summed E-state index contributed by atoms with van der Waals surface area (Å²) in [7, 11) is 2.75. The summed E-state index contributed by atoms with van der Waals surface area (Å²) in [5, 5.41) is 3.54. The third-order valence-corrected chi connectivity index (χ3v) is 3.62. The quantitative estimate of drug-likeness (QED) is 0.664. The highest BCUT2D eigenvalue weighted by atomic mass is 16.5. The predicted molar refractivity (Wildman–Crippen MR) is 78.9 cm³/mol. The fraction of sp³-hybridized carbons (Fsp3) is 0.250. The highest BCUT2D eigenvalue weighted by Crippen LogP contribution is 2.39. The van der Waals surface area contributed by atoms with Crippen molar-refractivity contribution in [1.29, 1.82) is 0 Å².